The number of allylic oxidation sites excluding steroid dienone is 5. The minimum Gasteiger partial charge on any atom is -0.497 e. The Kier molecular flexibility index (Phi) is 8.22. The number of piperidine rings is 1. The van der Waals surface area contributed by atoms with Gasteiger partial charge >= 0.3 is 0 Å². The molecule has 0 saturated carbocycles. The highest BCUT2D eigenvalue weighted by Crippen LogP contribution is 2.27. The van der Waals surface area contributed by atoms with Gasteiger partial charge in [-0.15, -0.1) is 0 Å². The van der Waals surface area contributed by atoms with E-state index in [2.05, 4.69) is 23.3 Å². The largest absolute Gasteiger partial charge is 0.497 e. The maximum Gasteiger partial charge on any atom is 0.263 e. The third-order valence-corrected chi connectivity index (χ3v) is 5.91. The van der Waals surface area contributed by atoms with Gasteiger partial charge < -0.3 is 15.4 Å². The Labute approximate surface area is 195 Å². The first-order chi connectivity index (χ1) is 16.0. The third-order valence-electron chi connectivity index (χ3n) is 5.91. The standard InChI is InChI=1S/C26H31N5O2/c1-5-19(16-27)7-6-18(2)24-23(21-8-10-22(33-4)11-9-21)25(32)31(3)26(30-24)29-17-20-12-14-28-15-13-20/h5-11,20,28H,1,12-15,17H2,2-4H3,(H,29,30)/b18-6+,19-7+. The van der Waals surface area contributed by atoms with E-state index in [1.807, 2.05) is 31.2 Å². The van der Waals surface area contributed by atoms with Crippen molar-refractivity contribution >= 4 is 11.5 Å². The zero-order chi connectivity index (χ0) is 23.8. The van der Waals surface area contributed by atoms with Crippen molar-refractivity contribution in [3.8, 4) is 22.9 Å². The molecular formula is C26H31N5O2. The highest BCUT2D eigenvalue weighted by molar-refractivity contribution is 5.79. The maximum absolute atomic E-state index is 13.5. The summed E-state index contributed by atoms with van der Waals surface area (Å²) in [6.07, 6.45) is 7.17. The predicted octanol–water partition coefficient (Wildman–Crippen LogP) is 3.91. The number of anilines is 1. The van der Waals surface area contributed by atoms with Gasteiger partial charge in [0.1, 0.15) is 5.75 Å². The van der Waals surface area contributed by atoms with Gasteiger partial charge in [-0.3, -0.25) is 9.36 Å². The SMILES string of the molecule is C=C/C(C#N)=C\C=C(/C)c1nc(NCC2CCNCC2)n(C)c(=O)c1-c1ccc(OC)cc1. The molecule has 0 unspecified atom stereocenters. The van der Waals surface area contributed by atoms with Gasteiger partial charge in [-0.1, -0.05) is 30.9 Å². The van der Waals surface area contributed by atoms with Crippen molar-refractivity contribution in [2.75, 3.05) is 32.1 Å². The second-order valence-corrected chi connectivity index (χ2v) is 8.11. The predicted molar refractivity (Wildman–Crippen MR) is 133 cm³/mol. The molecular weight excluding hydrogens is 414 g/mol. The lowest BCUT2D eigenvalue weighted by Gasteiger charge is -2.24. The summed E-state index contributed by atoms with van der Waals surface area (Å²) in [6, 6.07) is 9.45. The molecule has 0 bridgehead atoms. The van der Waals surface area contributed by atoms with Crippen LogP contribution >= 0.6 is 0 Å². The highest BCUT2D eigenvalue weighted by Gasteiger charge is 2.19. The molecule has 2 aromatic rings. The van der Waals surface area contributed by atoms with E-state index in [1.165, 1.54) is 6.08 Å². The molecule has 1 saturated heterocycles. The fourth-order valence-corrected chi connectivity index (χ4v) is 3.83. The van der Waals surface area contributed by atoms with E-state index in [1.54, 1.807) is 30.9 Å². The quantitative estimate of drug-likeness (QED) is 0.473. The number of benzene rings is 1. The Morgan fingerprint density at radius 1 is 1.33 bits per heavy atom. The first kappa shape index (κ1) is 24.0. The van der Waals surface area contributed by atoms with Crippen LogP contribution < -0.4 is 20.9 Å². The zero-order valence-corrected chi connectivity index (χ0v) is 19.5. The smallest absolute Gasteiger partial charge is 0.263 e. The van der Waals surface area contributed by atoms with Gasteiger partial charge in [0.15, 0.2) is 0 Å². The van der Waals surface area contributed by atoms with E-state index in [-0.39, 0.29) is 5.56 Å². The molecule has 0 spiro atoms. The van der Waals surface area contributed by atoms with Crippen molar-refractivity contribution in [2.45, 2.75) is 19.8 Å². The first-order valence-electron chi connectivity index (χ1n) is 11.1. The topological polar surface area (TPSA) is 92.0 Å². The van der Waals surface area contributed by atoms with Crippen LogP contribution in [0.4, 0.5) is 5.95 Å². The fourth-order valence-electron chi connectivity index (χ4n) is 3.83. The Morgan fingerprint density at radius 3 is 2.64 bits per heavy atom. The van der Waals surface area contributed by atoms with Crippen LogP contribution in [0.25, 0.3) is 16.7 Å². The molecule has 0 radical (unpaired) electrons. The Hall–Kier alpha value is -3.63. The Bertz CT molecular complexity index is 1150. The molecule has 2 N–H and O–H groups in total. The van der Waals surface area contributed by atoms with Crippen LogP contribution in [0.3, 0.4) is 0 Å². The molecule has 1 aromatic carbocycles. The molecule has 33 heavy (non-hydrogen) atoms. The van der Waals surface area contributed by atoms with Crippen molar-refractivity contribution < 1.29 is 4.74 Å². The van der Waals surface area contributed by atoms with Gasteiger partial charge in [-0.25, -0.2) is 4.98 Å². The van der Waals surface area contributed by atoms with Crippen molar-refractivity contribution in [3.05, 3.63) is 70.7 Å². The number of methoxy groups -OCH3 is 1. The number of hydrogen-bond donors (Lipinski definition) is 2. The van der Waals surface area contributed by atoms with Gasteiger partial charge in [-0.05, 0) is 68.1 Å². The van der Waals surface area contributed by atoms with Crippen LogP contribution in [0.15, 0.2) is 59.4 Å². The summed E-state index contributed by atoms with van der Waals surface area (Å²) in [4.78, 5) is 18.4. The molecule has 172 valence electrons. The van der Waals surface area contributed by atoms with Crippen LogP contribution in [0.5, 0.6) is 5.75 Å². The molecule has 1 aliphatic rings. The van der Waals surface area contributed by atoms with Crippen molar-refractivity contribution in [2.24, 2.45) is 13.0 Å². The van der Waals surface area contributed by atoms with Crippen molar-refractivity contribution in [1.29, 1.82) is 5.26 Å². The minimum atomic E-state index is -0.140. The van der Waals surface area contributed by atoms with E-state index >= 15 is 0 Å². The molecule has 1 fully saturated rings. The monoisotopic (exact) mass is 445 g/mol. The molecule has 1 aromatic heterocycles. The lowest BCUT2D eigenvalue weighted by molar-refractivity contribution is 0.389. The Morgan fingerprint density at radius 2 is 2.03 bits per heavy atom. The summed E-state index contributed by atoms with van der Waals surface area (Å²) >= 11 is 0. The number of nitriles is 1. The van der Waals surface area contributed by atoms with E-state index in [0.29, 0.717) is 34.4 Å². The summed E-state index contributed by atoms with van der Waals surface area (Å²) in [5.41, 5.74) is 2.91. The molecule has 1 aliphatic heterocycles. The van der Waals surface area contributed by atoms with Crippen LogP contribution in [0.2, 0.25) is 0 Å². The number of rotatable bonds is 8. The number of ether oxygens (including phenoxy) is 1. The van der Waals surface area contributed by atoms with Gasteiger partial charge in [0.25, 0.3) is 5.56 Å². The minimum absolute atomic E-state index is 0.140. The zero-order valence-electron chi connectivity index (χ0n) is 19.5. The van der Waals surface area contributed by atoms with Crippen LogP contribution in [-0.2, 0) is 7.05 Å². The normalized spacial score (nSPS) is 15.1. The molecule has 7 heteroatoms. The van der Waals surface area contributed by atoms with E-state index in [0.717, 1.165) is 43.6 Å². The van der Waals surface area contributed by atoms with Gasteiger partial charge in [0.2, 0.25) is 5.95 Å². The fraction of sp³-hybridized carbons (Fsp3) is 0.346. The molecule has 7 nitrogen and oxygen atoms in total. The lowest BCUT2D eigenvalue weighted by atomic mass is 9.98. The molecule has 0 aliphatic carbocycles. The molecule has 0 amide bonds. The number of aromatic nitrogens is 2. The van der Waals surface area contributed by atoms with Gasteiger partial charge in [0.05, 0.1) is 30.0 Å². The average molecular weight is 446 g/mol. The Balaban J connectivity index is 2.08. The van der Waals surface area contributed by atoms with Crippen LogP contribution in [0, 0.1) is 17.2 Å². The van der Waals surface area contributed by atoms with Crippen molar-refractivity contribution in [3.63, 3.8) is 0 Å². The summed E-state index contributed by atoms with van der Waals surface area (Å²) in [5.74, 6) is 1.79. The lowest BCUT2D eigenvalue weighted by Crippen LogP contribution is -2.32. The van der Waals surface area contributed by atoms with Gasteiger partial charge in [-0.2, -0.15) is 5.26 Å². The highest BCUT2D eigenvalue weighted by atomic mass is 16.5. The average Bonchev–Trinajstić information content (AvgIpc) is 2.86. The van der Waals surface area contributed by atoms with Gasteiger partial charge in [0, 0.05) is 13.6 Å². The van der Waals surface area contributed by atoms with Crippen LogP contribution in [-0.4, -0.2) is 36.3 Å². The first-order valence-corrected chi connectivity index (χ1v) is 11.1. The van der Waals surface area contributed by atoms with E-state index < -0.39 is 0 Å². The molecule has 2 heterocycles. The second kappa shape index (κ2) is 11.3. The van der Waals surface area contributed by atoms with E-state index in [4.69, 9.17) is 9.72 Å². The van der Waals surface area contributed by atoms with E-state index in [9.17, 15) is 10.1 Å². The summed E-state index contributed by atoms with van der Waals surface area (Å²) in [5, 5.41) is 16.0. The van der Waals surface area contributed by atoms with Crippen molar-refractivity contribution in [1.82, 2.24) is 14.9 Å². The summed E-state index contributed by atoms with van der Waals surface area (Å²) < 4.78 is 6.83. The molecule has 3 rings (SSSR count). The summed E-state index contributed by atoms with van der Waals surface area (Å²) in [7, 11) is 3.34. The maximum atomic E-state index is 13.5. The third kappa shape index (κ3) is 5.79. The second-order valence-electron chi connectivity index (χ2n) is 8.11. The van der Waals surface area contributed by atoms with Crippen LogP contribution in [0.1, 0.15) is 25.5 Å². The number of hydrogen-bond acceptors (Lipinski definition) is 6. The molecule has 0 atom stereocenters. The summed E-state index contributed by atoms with van der Waals surface area (Å²) in [6.45, 7) is 8.34. The number of nitrogens with one attached hydrogen (secondary N) is 2. The number of nitrogens with zero attached hydrogens (tertiary/aromatic N) is 3.